The highest BCUT2D eigenvalue weighted by atomic mass is 79.9. The number of amides is 1. The minimum Gasteiger partial charge on any atom is -0.494 e. The van der Waals surface area contributed by atoms with Crippen molar-refractivity contribution in [2.24, 2.45) is 0 Å². The number of carbonyl (C=O) groups excluding carboxylic acids is 1. The van der Waals surface area contributed by atoms with Crippen molar-refractivity contribution in [2.75, 3.05) is 18.5 Å². The quantitative estimate of drug-likeness (QED) is 0.612. The van der Waals surface area contributed by atoms with Gasteiger partial charge < -0.3 is 14.8 Å². The Morgan fingerprint density at radius 3 is 2.68 bits per heavy atom. The van der Waals surface area contributed by atoms with E-state index < -0.39 is 5.82 Å². The van der Waals surface area contributed by atoms with Crippen LogP contribution in [0, 0.1) is 5.82 Å². The lowest BCUT2D eigenvalue weighted by molar-refractivity contribution is 0.102. The van der Waals surface area contributed by atoms with Crippen molar-refractivity contribution in [3.63, 3.8) is 0 Å². The van der Waals surface area contributed by atoms with Crippen LogP contribution in [0.3, 0.4) is 0 Å². The normalized spacial score (nSPS) is 10.6. The molecule has 0 aliphatic heterocycles. The van der Waals surface area contributed by atoms with Crippen LogP contribution in [-0.2, 0) is 11.3 Å². The second-order valence-corrected chi connectivity index (χ2v) is 6.30. The monoisotopic (exact) mass is 409 g/mol. The van der Waals surface area contributed by atoms with Gasteiger partial charge in [0.25, 0.3) is 5.91 Å². The fraction of sp³-hybridized carbons (Fsp3) is 0.316. The first-order chi connectivity index (χ1) is 12.0. The van der Waals surface area contributed by atoms with E-state index in [0.29, 0.717) is 35.6 Å². The molecular formula is C19H21BrFNO3. The maximum Gasteiger partial charge on any atom is 0.255 e. The SMILES string of the molecule is CCCOCc1cc(C(=O)Nc2ccc(Br)cc2F)ccc1OCC. The average molecular weight is 410 g/mol. The number of nitrogens with one attached hydrogen (secondary N) is 1. The molecule has 1 N–H and O–H groups in total. The summed E-state index contributed by atoms with van der Waals surface area (Å²) in [7, 11) is 0. The Hall–Kier alpha value is -1.92. The fourth-order valence-corrected chi connectivity index (χ4v) is 2.57. The summed E-state index contributed by atoms with van der Waals surface area (Å²) in [5.41, 5.74) is 1.34. The van der Waals surface area contributed by atoms with Gasteiger partial charge in [-0.3, -0.25) is 4.79 Å². The van der Waals surface area contributed by atoms with Crippen molar-refractivity contribution in [1.29, 1.82) is 0 Å². The molecule has 134 valence electrons. The minimum atomic E-state index is -0.500. The van der Waals surface area contributed by atoms with Gasteiger partial charge in [-0.25, -0.2) is 4.39 Å². The molecule has 1 amide bonds. The van der Waals surface area contributed by atoms with E-state index in [1.54, 1.807) is 24.3 Å². The lowest BCUT2D eigenvalue weighted by Crippen LogP contribution is -2.14. The summed E-state index contributed by atoms with van der Waals surface area (Å²) >= 11 is 3.19. The highest BCUT2D eigenvalue weighted by Crippen LogP contribution is 2.24. The number of anilines is 1. The van der Waals surface area contributed by atoms with Gasteiger partial charge in [0, 0.05) is 22.2 Å². The van der Waals surface area contributed by atoms with Gasteiger partial charge in [0.1, 0.15) is 11.6 Å². The highest BCUT2D eigenvalue weighted by molar-refractivity contribution is 9.10. The number of hydrogen-bond acceptors (Lipinski definition) is 3. The van der Waals surface area contributed by atoms with Crippen molar-refractivity contribution >= 4 is 27.5 Å². The number of carbonyl (C=O) groups is 1. The molecule has 4 nitrogen and oxygen atoms in total. The molecule has 0 aliphatic rings. The summed E-state index contributed by atoms with van der Waals surface area (Å²) in [5.74, 6) is -0.203. The van der Waals surface area contributed by atoms with E-state index in [0.717, 1.165) is 12.0 Å². The maximum absolute atomic E-state index is 13.9. The van der Waals surface area contributed by atoms with E-state index in [1.807, 2.05) is 13.8 Å². The lowest BCUT2D eigenvalue weighted by atomic mass is 10.1. The Labute approximate surface area is 155 Å². The van der Waals surface area contributed by atoms with Crippen molar-refractivity contribution < 1.29 is 18.7 Å². The first-order valence-corrected chi connectivity index (χ1v) is 8.94. The molecule has 0 aromatic heterocycles. The standard InChI is InChI=1S/C19H21BrFNO3/c1-3-9-24-12-14-10-13(5-8-18(14)25-4-2)19(23)22-17-7-6-15(20)11-16(17)21/h5-8,10-11H,3-4,9,12H2,1-2H3,(H,22,23). The molecule has 0 bridgehead atoms. The minimum absolute atomic E-state index is 0.130. The van der Waals surface area contributed by atoms with Gasteiger partial charge in [-0.2, -0.15) is 0 Å². The van der Waals surface area contributed by atoms with Crippen LogP contribution in [-0.4, -0.2) is 19.1 Å². The largest absolute Gasteiger partial charge is 0.494 e. The van der Waals surface area contributed by atoms with Crippen LogP contribution in [0.1, 0.15) is 36.2 Å². The molecule has 0 fully saturated rings. The predicted molar refractivity (Wildman–Crippen MR) is 99.6 cm³/mol. The third kappa shape index (κ3) is 5.54. The third-order valence-corrected chi connectivity index (χ3v) is 3.90. The van der Waals surface area contributed by atoms with E-state index in [1.165, 1.54) is 12.1 Å². The van der Waals surface area contributed by atoms with Gasteiger partial charge in [0.15, 0.2) is 0 Å². The third-order valence-electron chi connectivity index (χ3n) is 3.41. The van der Waals surface area contributed by atoms with E-state index in [9.17, 15) is 9.18 Å². The molecule has 2 rings (SSSR count). The molecular weight excluding hydrogens is 389 g/mol. The zero-order valence-corrected chi connectivity index (χ0v) is 15.9. The summed E-state index contributed by atoms with van der Waals surface area (Å²) in [4.78, 5) is 12.4. The molecule has 0 saturated carbocycles. The Morgan fingerprint density at radius 1 is 1.20 bits per heavy atom. The van der Waals surface area contributed by atoms with Crippen LogP contribution in [0.25, 0.3) is 0 Å². The Balaban J connectivity index is 2.19. The second-order valence-electron chi connectivity index (χ2n) is 5.39. The predicted octanol–water partition coefficient (Wildman–Crippen LogP) is 5.17. The Morgan fingerprint density at radius 2 is 2.00 bits per heavy atom. The summed E-state index contributed by atoms with van der Waals surface area (Å²) in [6, 6.07) is 9.59. The van der Waals surface area contributed by atoms with E-state index in [4.69, 9.17) is 9.47 Å². The topological polar surface area (TPSA) is 47.6 Å². The summed E-state index contributed by atoms with van der Waals surface area (Å²) < 4.78 is 25.6. The molecule has 0 radical (unpaired) electrons. The first-order valence-electron chi connectivity index (χ1n) is 8.15. The molecule has 0 aliphatic carbocycles. The maximum atomic E-state index is 13.9. The Kier molecular flexibility index (Phi) is 7.40. The molecule has 0 heterocycles. The second kappa shape index (κ2) is 9.53. The van der Waals surface area contributed by atoms with Gasteiger partial charge in [0.2, 0.25) is 0 Å². The number of benzene rings is 2. The van der Waals surface area contributed by atoms with E-state index in [-0.39, 0.29) is 11.6 Å². The Bertz CT molecular complexity index is 737. The molecule has 25 heavy (non-hydrogen) atoms. The van der Waals surface area contributed by atoms with Crippen LogP contribution in [0.2, 0.25) is 0 Å². The van der Waals surface area contributed by atoms with Gasteiger partial charge in [0.05, 0.1) is 18.9 Å². The summed E-state index contributed by atoms with van der Waals surface area (Å²) in [6.45, 7) is 5.44. The van der Waals surface area contributed by atoms with E-state index >= 15 is 0 Å². The number of halogens is 2. The fourth-order valence-electron chi connectivity index (χ4n) is 2.24. The van der Waals surface area contributed by atoms with Crippen LogP contribution in [0.15, 0.2) is 40.9 Å². The zero-order chi connectivity index (χ0) is 18.2. The van der Waals surface area contributed by atoms with Gasteiger partial charge >= 0.3 is 0 Å². The van der Waals surface area contributed by atoms with Gasteiger partial charge in [-0.05, 0) is 49.7 Å². The lowest BCUT2D eigenvalue weighted by Gasteiger charge is -2.13. The smallest absolute Gasteiger partial charge is 0.255 e. The summed E-state index contributed by atoms with van der Waals surface area (Å²) in [6.07, 6.45) is 0.910. The number of rotatable bonds is 8. The van der Waals surface area contributed by atoms with E-state index in [2.05, 4.69) is 21.2 Å². The van der Waals surface area contributed by atoms with Crippen molar-refractivity contribution in [1.82, 2.24) is 0 Å². The van der Waals surface area contributed by atoms with Gasteiger partial charge in [-0.15, -0.1) is 0 Å². The number of ether oxygens (including phenoxy) is 2. The molecule has 2 aromatic carbocycles. The number of hydrogen-bond donors (Lipinski definition) is 1. The summed E-state index contributed by atoms with van der Waals surface area (Å²) in [5, 5.41) is 2.58. The zero-order valence-electron chi connectivity index (χ0n) is 14.3. The van der Waals surface area contributed by atoms with Crippen LogP contribution < -0.4 is 10.1 Å². The molecule has 0 saturated heterocycles. The molecule has 2 aromatic rings. The first kappa shape index (κ1) is 19.4. The van der Waals surface area contributed by atoms with Crippen molar-refractivity contribution in [3.05, 3.63) is 57.8 Å². The van der Waals surface area contributed by atoms with Crippen LogP contribution in [0.4, 0.5) is 10.1 Å². The van der Waals surface area contributed by atoms with Crippen molar-refractivity contribution in [3.8, 4) is 5.75 Å². The van der Waals surface area contributed by atoms with Gasteiger partial charge in [-0.1, -0.05) is 22.9 Å². The van der Waals surface area contributed by atoms with Crippen LogP contribution >= 0.6 is 15.9 Å². The molecule has 0 atom stereocenters. The molecule has 6 heteroatoms. The highest BCUT2D eigenvalue weighted by Gasteiger charge is 2.13. The molecule has 0 unspecified atom stereocenters. The average Bonchev–Trinajstić information content (AvgIpc) is 2.59. The van der Waals surface area contributed by atoms with Crippen LogP contribution in [0.5, 0.6) is 5.75 Å². The van der Waals surface area contributed by atoms with Crippen molar-refractivity contribution in [2.45, 2.75) is 26.9 Å². The molecule has 0 spiro atoms.